The van der Waals surface area contributed by atoms with Crippen LogP contribution < -0.4 is 16.0 Å². The number of carbonyl (C=O) groups excluding carboxylic acids is 1. The fourth-order valence-electron chi connectivity index (χ4n) is 2.49. The van der Waals surface area contributed by atoms with Crippen molar-refractivity contribution in [3.05, 3.63) is 51.5 Å². The number of aryl methyl sites for hydroxylation is 1. The van der Waals surface area contributed by atoms with E-state index in [-0.39, 0.29) is 29.9 Å². The number of aromatic nitrogens is 1. The first kappa shape index (κ1) is 24.4. The minimum atomic E-state index is -0.0160. The van der Waals surface area contributed by atoms with Crippen LogP contribution in [0.2, 0.25) is 0 Å². The van der Waals surface area contributed by atoms with Gasteiger partial charge in [-0.1, -0.05) is 25.5 Å². The number of nitrogens with zero attached hydrogens (tertiary/aromatic N) is 2. The highest BCUT2D eigenvalue weighted by atomic mass is 127. The number of thiazole rings is 1. The van der Waals surface area contributed by atoms with Gasteiger partial charge in [0.25, 0.3) is 5.91 Å². The Labute approximate surface area is 188 Å². The second-order valence-corrected chi connectivity index (χ2v) is 7.33. The molecule has 6 nitrogen and oxygen atoms in total. The fourth-order valence-corrected chi connectivity index (χ4v) is 3.14. The van der Waals surface area contributed by atoms with E-state index in [1.54, 1.807) is 18.4 Å². The molecule has 0 aliphatic carbocycles. The first-order chi connectivity index (χ1) is 13.1. The van der Waals surface area contributed by atoms with Gasteiger partial charge in [-0.15, -0.1) is 35.3 Å². The van der Waals surface area contributed by atoms with Crippen LogP contribution in [0.3, 0.4) is 0 Å². The number of guanidine groups is 1. The van der Waals surface area contributed by atoms with E-state index in [2.05, 4.69) is 38.2 Å². The molecule has 2 aromatic rings. The third kappa shape index (κ3) is 8.55. The summed E-state index contributed by atoms with van der Waals surface area (Å²) in [4.78, 5) is 20.7. The van der Waals surface area contributed by atoms with E-state index in [1.807, 2.05) is 31.2 Å². The molecule has 0 radical (unpaired) electrons. The second kappa shape index (κ2) is 13.5. The zero-order chi connectivity index (χ0) is 19.5. The quantitative estimate of drug-likeness (QED) is 0.207. The number of halogens is 1. The van der Waals surface area contributed by atoms with E-state index in [0.717, 1.165) is 54.6 Å². The van der Waals surface area contributed by atoms with Crippen LogP contribution in [-0.4, -0.2) is 37.0 Å². The molecule has 0 aliphatic rings. The van der Waals surface area contributed by atoms with Crippen LogP contribution in [0.1, 0.15) is 46.4 Å². The van der Waals surface area contributed by atoms with E-state index in [9.17, 15) is 4.79 Å². The lowest BCUT2D eigenvalue weighted by Crippen LogP contribution is -2.37. The van der Waals surface area contributed by atoms with Crippen LogP contribution in [0.25, 0.3) is 0 Å². The number of carbonyl (C=O) groups is 1. The lowest BCUT2D eigenvalue weighted by molar-refractivity contribution is 0.0953. The molecule has 8 heteroatoms. The fraction of sp³-hybridized carbons (Fsp3) is 0.450. The Hall–Kier alpha value is -1.68. The zero-order valence-electron chi connectivity index (χ0n) is 16.7. The van der Waals surface area contributed by atoms with Crippen molar-refractivity contribution in [3.63, 3.8) is 0 Å². The first-order valence-electron chi connectivity index (χ1n) is 9.35. The number of hydrogen-bond acceptors (Lipinski definition) is 4. The summed E-state index contributed by atoms with van der Waals surface area (Å²) in [6.45, 7) is 6.27. The lowest BCUT2D eigenvalue weighted by Gasteiger charge is -2.12. The summed E-state index contributed by atoms with van der Waals surface area (Å²) in [6, 6.07) is 7.65. The molecule has 0 unspecified atom stereocenters. The van der Waals surface area contributed by atoms with Crippen LogP contribution in [-0.2, 0) is 13.0 Å². The first-order valence-corrected chi connectivity index (χ1v) is 10.2. The molecule has 1 amide bonds. The van der Waals surface area contributed by atoms with Gasteiger partial charge in [0.2, 0.25) is 0 Å². The third-order valence-electron chi connectivity index (χ3n) is 4.06. The van der Waals surface area contributed by atoms with Gasteiger partial charge in [-0.2, -0.15) is 0 Å². The maximum atomic E-state index is 12.0. The largest absolute Gasteiger partial charge is 0.356 e. The van der Waals surface area contributed by atoms with E-state index in [1.165, 1.54) is 0 Å². The molecule has 1 aromatic carbocycles. The number of unbranched alkanes of at least 4 members (excludes halogenated alkanes) is 1. The van der Waals surface area contributed by atoms with Crippen molar-refractivity contribution >= 4 is 47.2 Å². The highest BCUT2D eigenvalue weighted by Crippen LogP contribution is 2.08. The Kier molecular flexibility index (Phi) is 11.7. The molecule has 0 saturated heterocycles. The van der Waals surface area contributed by atoms with Gasteiger partial charge in [-0.3, -0.25) is 9.79 Å². The molecule has 0 bridgehead atoms. The maximum Gasteiger partial charge on any atom is 0.251 e. The van der Waals surface area contributed by atoms with Gasteiger partial charge in [0.1, 0.15) is 0 Å². The Morgan fingerprint density at radius 1 is 1.14 bits per heavy atom. The number of benzene rings is 1. The minimum Gasteiger partial charge on any atom is -0.356 e. The topological polar surface area (TPSA) is 78.4 Å². The second-order valence-electron chi connectivity index (χ2n) is 6.27. The summed E-state index contributed by atoms with van der Waals surface area (Å²) < 4.78 is 0. The molecule has 0 atom stereocenters. The Bertz CT molecular complexity index is 745. The number of rotatable bonds is 9. The van der Waals surface area contributed by atoms with Gasteiger partial charge in [0.05, 0.1) is 10.7 Å². The van der Waals surface area contributed by atoms with Crippen molar-refractivity contribution in [2.24, 2.45) is 4.99 Å². The molecule has 0 fully saturated rings. The van der Waals surface area contributed by atoms with E-state index in [4.69, 9.17) is 0 Å². The van der Waals surface area contributed by atoms with Crippen LogP contribution in [0.4, 0.5) is 0 Å². The predicted octanol–water partition coefficient (Wildman–Crippen LogP) is 3.51. The highest BCUT2D eigenvalue weighted by molar-refractivity contribution is 14.0. The Morgan fingerprint density at radius 2 is 1.89 bits per heavy atom. The molecule has 154 valence electrons. The normalized spacial score (nSPS) is 10.9. The molecule has 1 heterocycles. The molecular weight excluding hydrogens is 485 g/mol. The van der Waals surface area contributed by atoms with Gasteiger partial charge >= 0.3 is 0 Å². The van der Waals surface area contributed by atoms with Gasteiger partial charge in [-0.05, 0) is 31.0 Å². The number of amides is 1. The Balaban J connectivity index is 0.00000392. The van der Waals surface area contributed by atoms with Crippen molar-refractivity contribution in [2.75, 3.05) is 20.1 Å². The number of hydrogen-bond donors (Lipinski definition) is 3. The van der Waals surface area contributed by atoms with Gasteiger partial charge in [0, 0.05) is 44.0 Å². The summed E-state index contributed by atoms with van der Waals surface area (Å²) in [6.07, 6.45) is 2.94. The van der Waals surface area contributed by atoms with Crippen LogP contribution in [0.5, 0.6) is 0 Å². The van der Waals surface area contributed by atoms with Crippen molar-refractivity contribution in [1.29, 1.82) is 0 Å². The minimum absolute atomic E-state index is 0. The standard InChI is InChI=1S/C20H29N5OS.HI/c1-4-5-11-22-19(26)17-8-6-16(7-9-17)13-24-20(21-3)23-12-10-18-14-27-15(2)25-18;/h6-9,14H,4-5,10-13H2,1-3H3,(H,22,26)(H2,21,23,24);1H. The third-order valence-corrected chi connectivity index (χ3v) is 4.88. The van der Waals surface area contributed by atoms with Gasteiger partial charge < -0.3 is 16.0 Å². The van der Waals surface area contributed by atoms with Crippen LogP contribution >= 0.6 is 35.3 Å². The predicted molar refractivity (Wildman–Crippen MR) is 128 cm³/mol. The van der Waals surface area contributed by atoms with Gasteiger partial charge in [-0.25, -0.2) is 4.98 Å². The monoisotopic (exact) mass is 515 g/mol. The molecule has 1 aromatic heterocycles. The van der Waals surface area contributed by atoms with E-state index >= 15 is 0 Å². The highest BCUT2D eigenvalue weighted by Gasteiger charge is 2.05. The van der Waals surface area contributed by atoms with Gasteiger partial charge in [0.15, 0.2) is 5.96 Å². The van der Waals surface area contributed by atoms with E-state index < -0.39 is 0 Å². The Morgan fingerprint density at radius 3 is 2.50 bits per heavy atom. The van der Waals surface area contributed by atoms with Crippen LogP contribution in [0, 0.1) is 6.92 Å². The van der Waals surface area contributed by atoms with Crippen molar-refractivity contribution in [1.82, 2.24) is 20.9 Å². The summed E-state index contributed by atoms with van der Waals surface area (Å²) in [5, 5.41) is 12.7. The zero-order valence-corrected chi connectivity index (χ0v) is 19.9. The summed E-state index contributed by atoms with van der Waals surface area (Å²) in [7, 11) is 1.76. The van der Waals surface area contributed by atoms with Crippen LogP contribution in [0.15, 0.2) is 34.6 Å². The molecular formula is C20H30IN5OS. The number of aliphatic imine (C=N–C) groups is 1. The summed E-state index contributed by atoms with van der Waals surface area (Å²) in [5.41, 5.74) is 2.89. The lowest BCUT2D eigenvalue weighted by atomic mass is 10.1. The molecule has 0 aliphatic heterocycles. The molecule has 0 spiro atoms. The molecule has 0 saturated carbocycles. The van der Waals surface area contributed by atoms with Crippen molar-refractivity contribution < 1.29 is 4.79 Å². The summed E-state index contributed by atoms with van der Waals surface area (Å²) in [5.74, 6) is 0.737. The average Bonchev–Trinajstić information content (AvgIpc) is 3.10. The van der Waals surface area contributed by atoms with Crippen molar-refractivity contribution in [3.8, 4) is 0 Å². The van der Waals surface area contributed by atoms with Crippen molar-refractivity contribution in [2.45, 2.75) is 39.7 Å². The molecule has 2 rings (SSSR count). The molecule has 3 N–H and O–H groups in total. The smallest absolute Gasteiger partial charge is 0.251 e. The number of nitrogens with one attached hydrogen (secondary N) is 3. The SMILES string of the molecule is CCCCNC(=O)c1ccc(CNC(=NC)NCCc2csc(C)n2)cc1.I. The maximum absolute atomic E-state index is 12.0. The molecule has 28 heavy (non-hydrogen) atoms. The average molecular weight is 515 g/mol. The summed E-state index contributed by atoms with van der Waals surface area (Å²) >= 11 is 1.67. The van der Waals surface area contributed by atoms with E-state index in [0.29, 0.717) is 12.1 Å².